The molecule has 0 aromatic heterocycles. The van der Waals surface area contributed by atoms with Crippen LogP contribution >= 0.6 is 0 Å². The number of hydrogen-bond acceptors (Lipinski definition) is 3. The van der Waals surface area contributed by atoms with Crippen molar-refractivity contribution < 1.29 is 23.1 Å². The lowest BCUT2D eigenvalue weighted by Crippen LogP contribution is -2.30. The van der Waals surface area contributed by atoms with Crippen LogP contribution in [0.25, 0.3) is 0 Å². The van der Waals surface area contributed by atoms with Gasteiger partial charge in [-0.2, -0.15) is 13.2 Å². The van der Waals surface area contributed by atoms with Gasteiger partial charge in [-0.3, -0.25) is 4.79 Å². The molecule has 0 bridgehead atoms. The summed E-state index contributed by atoms with van der Waals surface area (Å²) in [6, 6.07) is 6.15. The van der Waals surface area contributed by atoms with Crippen molar-refractivity contribution in [2.45, 2.75) is 19.1 Å². The van der Waals surface area contributed by atoms with Crippen LogP contribution in [0, 0.1) is 0 Å². The third-order valence-corrected chi connectivity index (χ3v) is 2.28. The first-order chi connectivity index (χ1) is 8.93. The highest BCUT2D eigenvalue weighted by Crippen LogP contribution is 2.18. The lowest BCUT2D eigenvalue weighted by atomic mass is 10.2. The van der Waals surface area contributed by atoms with E-state index in [1.807, 2.05) is 0 Å². The summed E-state index contributed by atoms with van der Waals surface area (Å²) in [5.41, 5.74) is 0.849. The molecule has 7 heteroatoms. The van der Waals surface area contributed by atoms with E-state index < -0.39 is 12.1 Å². The van der Waals surface area contributed by atoms with Gasteiger partial charge in [0.1, 0.15) is 0 Å². The van der Waals surface area contributed by atoms with Crippen molar-refractivity contribution >= 4 is 11.6 Å². The van der Waals surface area contributed by atoms with Gasteiger partial charge < -0.3 is 15.7 Å². The first kappa shape index (κ1) is 15.5. The lowest BCUT2D eigenvalue weighted by molar-refractivity contribution is -0.167. The summed E-state index contributed by atoms with van der Waals surface area (Å²) in [6.45, 7) is 1.14. The van der Waals surface area contributed by atoms with Crippen LogP contribution < -0.4 is 10.6 Å². The molecule has 0 aliphatic carbocycles. The molecule has 1 amide bonds. The molecule has 1 aromatic carbocycles. The summed E-state index contributed by atoms with van der Waals surface area (Å²) in [5, 5.41) is 13.4. The number of alkyl halides is 3. The van der Waals surface area contributed by atoms with E-state index in [9.17, 15) is 18.0 Å². The van der Waals surface area contributed by atoms with Gasteiger partial charge in [0.2, 0.25) is 0 Å². The zero-order valence-electron chi connectivity index (χ0n) is 10.1. The van der Waals surface area contributed by atoms with Gasteiger partial charge in [0.05, 0.1) is 0 Å². The normalized spacial score (nSPS) is 11.4. The molecule has 0 spiro atoms. The van der Waals surface area contributed by atoms with Crippen LogP contribution in [0.5, 0.6) is 0 Å². The van der Waals surface area contributed by atoms with Gasteiger partial charge >= 0.3 is 12.1 Å². The first-order valence-electron chi connectivity index (χ1n) is 5.72. The van der Waals surface area contributed by atoms with Crippen LogP contribution in [0.3, 0.4) is 0 Å². The monoisotopic (exact) mass is 276 g/mol. The van der Waals surface area contributed by atoms with Crippen LogP contribution in [-0.2, 0) is 11.3 Å². The minimum absolute atomic E-state index is 0.0781. The number of aliphatic hydroxyl groups is 1. The van der Waals surface area contributed by atoms with Crippen molar-refractivity contribution in [2.75, 3.05) is 18.5 Å². The second kappa shape index (κ2) is 7.10. The van der Waals surface area contributed by atoms with Gasteiger partial charge in [-0.05, 0) is 30.7 Å². The number of halogens is 3. The van der Waals surface area contributed by atoms with E-state index in [1.165, 1.54) is 12.1 Å². The van der Waals surface area contributed by atoms with Gasteiger partial charge in [-0.1, -0.05) is 12.1 Å². The van der Waals surface area contributed by atoms with Crippen molar-refractivity contribution in [1.29, 1.82) is 0 Å². The van der Waals surface area contributed by atoms with Gasteiger partial charge in [0.15, 0.2) is 0 Å². The molecule has 1 aromatic rings. The maximum Gasteiger partial charge on any atom is 0.471 e. The van der Waals surface area contributed by atoms with Crippen LogP contribution in [0.1, 0.15) is 12.0 Å². The summed E-state index contributed by atoms with van der Waals surface area (Å²) < 4.78 is 36.2. The fraction of sp³-hybridized carbons (Fsp3) is 0.417. The Morgan fingerprint density at radius 1 is 1.32 bits per heavy atom. The molecule has 0 radical (unpaired) electrons. The lowest BCUT2D eigenvalue weighted by Gasteiger charge is -2.09. The van der Waals surface area contributed by atoms with Gasteiger partial charge in [-0.25, -0.2) is 0 Å². The largest absolute Gasteiger partial charge is 0.471 e. The number of carbonyl (C=O) groups excluding carboxylic acids is 1. The minimum Gasteiger partial charge on any atom is -0.396 e. The molecule has 106 valence electrons. The first-order valence-corrected chi connectivity index (χ1v) is 5.72. The smallest absolute Gasteiger partial charge is 0.396 e. The maximum absolute atomic E-state index is 12.1. The molecule has 0 heterocycles. The number of benzene rings is 1. The average Bonchev–Trinajstić information content (AvgIpc) is 2.34. The highest BCUT2D eigenvalue weighted by Gasteiger charge is 2.38. The van der Waals surface area contributed by atoms with E-state index in [1.54, 1.807) is 17.4 Å². The topological polar surface area (TPSA) is 61.4 Å². The fourth-order valence-electron chi connectivity index (χ4n) is 1.40. The molecule has 0 aliphatic rings. The molecule has 4 nitrogen and oxygen atoms in total. The molecular weight excluding hydrogens is 261 g/mol. The molecule has 0 unspecified atom stereocenters. The number of rotatable bonds is 6. The van der Waals surface area contributed by atoms with Crippen molar-refractivity contribution in [3.8, 4) is 0 Å². The van der Waals surface area contributed by atoms with Crippen LogP contribution in [-0.4, -0.2) is 30.3 Å². The van der Waals surface area contributed by atoms with Gasteiger partial charge in [0, 0.05) is 18.8 Å². The highest BCUT2D eigenvalue weighted by atomic mass is 19.4. The van der Waals surface area contributed by atoms with E-state index >= 15 is 0 Å². The van der Waals surface area contributed by atoms with Crippen LogP contribution in [0.4, 0.5) is 18.9 Å². The molecule has 0 aliphatic heterocycles. The molecule has 0 saturated carbocycles. The maximum atomic E-state index is 12.1. The van der Waals surface area contributed by atoms with Gasteiger partial charge in [0.25, 0.3) is 0 Å². The second-order valence-corrected chi connectivity index (χ2v) is 3.91. The number of nitrogens with one attached hydrogen (secondary N) is 2. The Balaban J connectivity index is 2.55. The number of amides is 1. The number of carbonyl (C=O) groups is 1. The van der Waals surface area contributed by atoms with E-state index in [0.717, 1.165) is 5.56 Å². The molecule has 0 saturated heterocycles. The van der Waals surface area contributed by atoms with E-state index in [-0.39, 0.29) is 12.3 Å². The summed E-state index contributed by atoms with van der Waals surface area (Å²) in [6.07, 6.45) is -4.29. The van der Waals surface area contributed by atoms with Crippen molar-refractivity contribution in [3.63, 3.8) is 0 Å². The van der Waals surface area contributed by atoms with Gasteiger partial charge in [-0.15, -0.1) is 0 Å². The highest BCUT2D eigenvalue weighted by molar-refractivity contribution is 5.94. The van der Waals surface area contributed by atoms with E-state index in [2.05, 4.69) is 5.32 Å². The fourth-order valence-corrected chi connectivity index (χ4v) is 1.40. The van der Waals surface area contributed by atoms with E-state index in [0.29, 0.717) is 19.5 Å². The minimum atomic E-state index is -4.89. The summed E-state index contributed by atoms with van der Waals surface area (Å²) in [5.74, 6) is -1.99. The number of aliphatic hydroxyl groups excluding tert-OH is 1. The average molecular weight is 276 g/mol. The quantitative estimate of drug-likeness (QED) is 0.692. The molecule has 19 heavy (non-hydrogen) atoms. The Hall–Kier alpha value is -1.60. The van der Waals surface area contributed by atoms with Crippen molar-refractivity contribution in [1.82, 2.24) is 5.32 Å². The van der Waals surface area contributed by atoms with Crippen molar-refractivity contribution in [2.24, 2.45) is 0 Å². The third kappa shape index (κ3) is 5.71. The SMILES string of the molecule is O=C(Nc1cccc(CNCCCO)c1)C(F)(F)F. The predicted octanol–water partition coefficient (Wildman–Crippen LogP) is 1.66. The number of hydrogen-bond donors (Lipinski definition) is 3. The molecule has 1 rings (SSSR count). The Bertz CT molecular complexity index is 422. The number of anilines is 1. The zero-order chi connectivity index (χ0) is 14.3. The molecule has 3 N–H and O–H groups in total. The Kier molecular flexibility index (Phi) is 5.78. The molecule has 0 fully saturated rings. The Labute approximate surface area is 108 Å². The van der Waals surface area contributed by atoms with Crippen LogP contribution in [0.2, 0.25) is 0 Å². The predicted molar refractivity (Wildman–Crippen MR) is 64.5 cm³/mol. The standard InChI is InChI=1S/C12H15F3N2O2/c13-12(14,15)11(19)17-10-4-1-3-9(7-10)8-16-5-2-6-18/h1,3-4,7,16,18H,2,5-6,8H2,(H,17,19). The summed E-state index contributed by atoms with van der Waals surface area (Å²) >= 11 is 0. The molecular formula is C12H15F3N2O2. The zero-order valence-corrected chi connectivity index (χ0v) is 10.1. The molecule has 0 atom stereocenters. The second-order valence-electron chi connectivity index (χ2n) is 3.91. The Morgan fingerprint density at radius 2 is 2.05 bits per heavy atom. The van der Waals surface area contributed by atoms with E-state index in [4.69, 9.17) is 5.11 Å². The Morgan fingerprint density at radius 3 is 2.68 bits per heavy atom. The summed E-state index contributed by atoms with van der Waals surface area (Å²) in [7, 11) is 0. The van der Waals surface area contributed by atoms with Crippen LogP contribution in [0.15, 0.2) is 24.3 Å². The van der Waals surface area contributed by atoms with Crippen molar-refractivity contribution in [3.05, 3.63) is 29.8 Å². The third-order valence-electron chi connectivity index (χ3n) is 2.28. The summed E-state index contributed by atoms with van der Waals surface area (Å²) in [4.78, 5) is 10.8.